The van der Waals surface area contributed by atoms with Gasteiger partial charge >= 0.3 is 0 Å². The first kappa shape index (κ1) is 15.6. The molecule has 134 valence electrons. The van der Waals surface area contributed by atoms with Gasteiger partial charge in [0.15, 0.2) is 0 Å². The Morgan fingerprint density at radius 3 is 2.65 bits per heavy atom. The molecular formula is C19H20N4O3. The van der Waals surface area contributed by atoms with Crippen LogP contribution in [0.25, 0.3) is 5.69 Å². The molecule has 1 spiro atoms. The van der Waals surface area contributed by atoms with Crippen LogP contribution in [0.1, 0.15) is 28.9 Å². The summed E-state index contributed by atoms with van der Waals surface area (Å²) >= 11 is 0. The maximum atomic E-state index is 12.6. The predicted octanol–water partition coefficient (Wildman–Crippen LogP) is 0.811. The van der Waals surface area contributed by atoms with Crippen molar-refractivity contribution in [2.24, 2.45) is 5.41 Å². The van der Waals surface area contributed by atoms with Crippen LogP contribution < -0.4 is 0 Å². The van der Waals surface area contributed by atoms with Crippen molar-refractivity contribution < 1.29 is 14.7 Å². The smallest absolute Gasteiger partial charge is 0.258 e. The normalized spacial score (nSPS) is 20.9. The second-order valence-corrected chi connectivity index (χ2v) is 7.73. The summed E-state index contributed by atoms with van der Waals surface area (Å²) in [4.78, 5) is 28.5. The molecule has 0 bridgehead atoms. The number of nitrogens with zero attached hydrogens (tertiary/aromatic N) is 4. The van der Waals surface area contributed by atoms with Gasteiger partial charge in [-0.15, -0.1) is 0 Å². The van der Waals surface area contributed by atoms with Crippen LogP contribution in [0, 0.1) is 5.41 Å². The second kappa shape index (κ2) is 5.41. The number of aliphatic hydroxyl groups is 1. The molecular weight excluding hydrogens is 332 g/mol. The Balaban J connectivity index is 1.26. The number of aliphatic hydroxyl groups excluding tert-OH is 1. The Labute approximate surface area is 150 Å². The van der Waals surface area contributed by atoms with E-state index in [0.717, 1.165) is 24.2 Å². The summed E-state index contributed by atoms with van der Waals surface area (Å²) in [5, 5.41) is 13.8. The Bertz CT molecular complexity index is 877. The Hall–Kier alpha value is -2.67. The minimum Gasteiger partial charge on any atom is -0.393 e. The molecule has 1 aliphatic carbocycles. The number of fused-ring (bicyclic) bond motifs is 1. The van der Waals surface area contributed by atoms with E-state index in [2.05, 4.69) is 5.10 Å². The number of hydrogen-bond donors (Lipinski definition) is 1. The highest BCUT2D eigenvalue weighted by Gasteiger charge is 2.53. The molecule has 26 heavy (non-hydrogen) atoms. The largest absolute Gasteiger partial charge is 0.393 e. The molecule has 1 aromatic carbocycles. The monoisotopic (exact) mass is 352 g/mol. The summed E-state index contributed by atoms with van der Waals surface area (Å²) in [6.07, 6.45) is 2.96. The van der Waals surface area contributed by atoms with Gasteiger partial charge in [-0.1, -0.05) is 18.2 Å². The number of aromatic nitrogens is 2. The lowest BCUT2D eigenvalue weighted by Gasteiger charge is -2.57. The molecule has 0 atom stereocenters. The van der Waals surface area contributed by atoms with Crippen molar-refractivity contribution in [3.8, 4) is 5.69 Å². The number of likely N-dealkylation sites (tertiary alicyclic amines) is 1. The molecule has 2 aliphatic heterocycles. The van der Waals surface area contributed by atoms with Gasteiger partial charge in [0, 0.05) is 18.5 Å². The summed E-state index contributed by atoms with van der Waals surface area (Å²) in [6, 6.07) is 9.68. The molecule has 5 rings (SSSR count). The van der Waals surface area contributed by atoms with Crippen LogP contribution in [0.15, 0.2) is 36.5 Å². The molecule has 3 aliphatic rings. The molecule has 0 unspecified atom stereocenters. The highest BCUT2D eigenvalue weighted by Crippen LogP contribution is 2.48. The second-order valence-electron chi connectivity index (χ2n) is 7.73. The van der Waals surface area contributed by atoms with Gasteiger partial charge in [0.25, 0.3) is 5.91 Å². The predicted molar refractivity (Wildman–Crippen MR) is 92.6 cm³/mol. The Kier molecular flexibility index (Phi) is 3.24. The number of carbonyl (C=O) groups excluding carboxylic acids is 2. The summed E-state index contributed by atoms with van der Waals surface area (Å²) in [6.45, 7) is 1.90. The molecule has 7 nitrogen and oxygen atoms in total. The van der Waals surface area contributed by atoms with E-state index in [1.54, 1.807) is 20.7 Å². The molecule has 3 heterocycles. The van der Waals surface area contributed by atoms with E-state index >= 15 is 0 Å². The molecule has 2 amide bonds. The van der Waals surface area contributed by atoms with Crippen LogP contribution in [0.5, 0.6) is 0 Å². The third-order valence-electron chi connectivity index (χ3n) is 5.80. The number of amides is 2. The molecule has 1 N–H and O–H groups in total. The highest BCUT2D eigenvalue weighted by atomic mass is 16.3. The van der Waals surface area contributed by atoms with Crippen molar-refractivity contribution in [1.29, 1.82) is 0 Å². The van der Waals surface area contributed by atoms with Gasteiger partial charge in [0.05, 0.1) is 35.8 Å². The van der Waals surface area contributed by atoms with E-state index in [1.165, 1.54) is 0 Å². The fourth-order valence-corrected chi connectivity index (χ4v) is 4.45. The van der Waals surface area contributed by atoms with E-state index in [-0.39, 0.29) is 29.9 Å². The molecule has 7 heteroatoms. The molecule has 1 aromatic heterocycles. The van der Waals surface area contributed by atoms with Gasteiger partial charge in [0.1, 0.15) is 6.54 Å². The molecule has 1 saturated heterocycles. The highest BCUT2D eigenvalue weighted by molar-refractivity contribution is 5.99. The fourth-order valence-electron chi connectivity index (χ4n) is 4.45. The zero-order valence-electron chi connectivity index (χ0n) is 14.3. The van der Waals surface area contributed by atoms with E-state index in [4.69, 9.17) is 0 Å². The van der Waals surface area contributed by atoms with Crippen molar-refractivity contribution in [2.45, 2.75) is 25.5 Å². The van der Waals surface area contributed by atoms with Crippen molar-refractivity contribution in [1.82, 2.24) is 19.6 Å². The van der Waals surface area contributed by atoms with Crippen molar-refractivity contribution >= 4 is 11.8 Å². The van der Waals surface area contributed by atoms with Crippen LogP contribution in [0.2, 0.25) is 0 Å². The minimum absolute atomic E-state index is 0.0188. The minimum atomic E-state index is -0.206. The maximum Gasteiger partial charge on any atom is 0.258 e. The number of carbonyl (C=O) groups is 2. The number of rotatable bonds is 3. The summed E-state index contributed by atoms with van der Waals surface area (Å²) in [7, 11) is 0. The van der Waals surface area contributed by atoms with E-state index < -0.39 is 0 Å². The van der Waals surface area contributed by atoms with Gasteiger partial charge in [0.2, 0.25) is 5.91 Å². The SMILES string of the molecule is O=C(CN1Cc2c(cnn2-c2ccccc2)C1=O)N1CC2(CC(O)C2)C1. The zero-order chi connectivity index (χ0) is 17.9. The van der Waals surface area contributed by atoms with E-state index in [9.17, 15) is 14.7 Å². The van der Waals surface area contributed by atoms with Crippen LogP contribution in [0.3, 0.4) is 0 Å². The lowest BCUT2D eigenvalue weighted by atomic mass is 9.62. The number of hydrogen-bond acceptors (Lipinski definition) is 4. The molecule has 2 fully saturated rings. The van der Waals surface area contributed by atoms with Gasteiger partial charge in [-0.05, 0) is 25.0 Å². The topological polar surface area (TPSA) is 78.7 Å². The van der Waals surface area contributed by atoms with Gasteiger partial charge < -0.3 is 14.9 Å². The maximum absolute atomic E-state index is 12.6. The van der Waals surface area contributed by atoms with Crippen LogP contribution in [-0.2, 0) is 11.3 Å². The Morgan fingerprint density at radius 2 is 1.96 bits per heavy atom. The van der Waals surface area contributed by atoms with Crippen LogP contribution in [0.4, 0.5) is 0 Å². The number of benzene rings is 1. The third kappa shape index (κ3) is 2.27. The lowest BCUT2D eigenvalue weighted by molar-refractivity contribution is -0.163. The third-order valence-corrected chi connectivity index (χ3v) is 5.80. The van der Waals surface area contributed by atoms with Crippen LogP contribution >= 0.6 is 0 Å². The summed E-state index contributed by atoms with van der Waals surface area (Å²) in [5.41, 5.74) is 2.45. The molecule has 0 radical (unpaired) electrons. The lowest BCUT2D eigenvalue weighted by Crippen LogP contribution is -2.66. The summed E-state index contributed by atoms with van der Waals surface area (Å²) < 4.78 is 1.77. The van der Waals surface area contributed by atoms with E-state index in [0.29, 0.717) is 25.2 Å². The molecule has 2 aromatic rings. The van der Waals surface area contributed by atoms with Crippen molar-refractivity contribution in [3.63, 3.8) is 0 Å². The Morgan fingerprint density at radius 1 is 1.23 bits per heavy atom. The van der Waals surface area contributed by atoms with Gasteiger partial charge in [-0.25, -0.2) is 4.68 Å². The number of para-hydroxylation sites is 1. The first-order valence-electron chi connectivity index (χ1n) is 8.92. The fraction of sp³-hybridized carbons (Fsp3) is 0.421. The average molecular weight is 352 g/mol. The van der Waals surface area contributed by atoms with E-state index in [1.807, 2.05) is 30.3 Å². The van der Waals surface area contributed by atoms with Crippen molar-refractivity contribution in [3.05, 3.63) is 47.8 Å². The zero-order valence-corrected chi connectivity index (χ0v) is 14.3. The summed E-state index contributed by atoms with van der Waals surface area (Å²) in [5.74, 6) is -0.153. The van der Waals surface area contributed by atoms with Crippen molar-refractivity contribution in [2.75, 3.05) is 19.6 Å². The first-order valence-corrected chi connectivity index (χ1v) is 8.92. The quantitative estimate of drug-likeness (QED) is 0.887. The van der Waals surface area contributed by atoms with Gasteiger partial charge in [-0.3, -0.25) is 9.59 Å². The van der Waals surface area contributed by atoms with Crippen LogP contribution in [-0.4, -0.2) is 62.2 Å². The molecule has 1 saturated carbocycles. The van der Waals surface area contributed by atoms with Gasteiger partial charge in [-0.2, -0.15) is 5.10 Å². The first-order chi connectivity index (χ1) is 12.5. The standard InChI is InChI=1S/C19H20N4O3/c24-14-6-19(7-14)11-22(12-19)17(25)10-21-9-16-15(18(21)26)8-20-23(16)13-4-2-1-3-5-13/h1-5,8,14,24H,6-7,9-12H2. The average Bonchev–Trinajstić information content (AvgIpc) is 3.11.